The van der Waals surface area contributed by atoms with Gasteiger partial charge in [0.2, 0.25) is 0 Å². The molecule has 0 aliphatic rings. The van der Waals surface area contributed by atoms with Gasteiger partial charge in [-0.3, -0.25) is 9.97 Å². The minimum atomic E-state index is 0.646. The average Bonchev–Trinajstić information content (AvgIpc) is 3.16. The monoisotopic (exact) mass is 356 g/mol. The highest BCUT2D eigenvalue weighted by molar-refractivity contribution is 7.16. The fourth-order valence-corrected chi connectivity index (χ4v) is 3.48. The van der Waals surface area contributed by atoms with E-state index in [1.165, 1.54) is 0 Å². The molecule has 0 bridgehead atoms. The summed E-state index contributed by atoms with van der Waals surface area (Å²) >= 11 is 1.61. The molecule has 0 saturated carbocycles. The predicted octanol–water partition coefficient (Wildman–Crippen LogP) is 4.44. The lowest BCUT2D eigenvalue weighted by Gasteiger charge is -2.11. The van der Waals surface area contributed by atoms with Crippen LogP contribution >= 0.6 is 11.3 Å². The molecule has 0 atom stereocenters. The first-order valence-electron chi connectivity index (χ1n) is 7.99. The summed E-state index contributed by atoms with van der Waals surface area (Å²) in [6, 6.07) is 11.8. The lowest BCUT2D eigenvalue weighted by molar-refractivity contribution is 1.20. The quantitative estimate of drug-likeness (QED) is 0.515. The second-order valence-electron chi connectivity index (χ2n) is 5.68. The molecule has 5 aromatic rings. The van der Waals surface area contributed by atoms with Crippen molar-refractivity contribution in [2.24, 2.45) is 0 Å². The van der Waals surface area contributed by atoms with Gasteiger partial charge in [0.15, 0.2) is 5.82 Å². The van der Waals surface area contributed by atoms with Crippen LogP contribution in [-0.4, -0.2) is 24.9 Å². The van der Waals surface area contributed by atoms with Crippen LogP contribution < -0.4 is 5.32 Å². The highest BCUT2D eigenvalue weighted by Gasteiger charge is 2.10. The Morgan fingerprint density at radius 1 is 0.846 bits per heavy atom. The van der Waals surface area contributed by atoms with E-state index < -0.39 is 0 Å². The summed E-state index contributed by atoms with van der Waals surface area (Å²) in [5.41, 5.74) is 5.54. The van der Waals surface area contributed by atoms with Crippen molar-refractivity contribution in [1.29, 1.82) is 0 Å². The zero-order valence-corrected chi connectivity index (χ0v) is 14.3. The molecule has 26 heavy (non-hydrogen) atoms. The number of nitrogens with zero attached hydrogens (tertiary/aromatic N) is 5. The number of anilines is 2. The molecule has 4 aromatic heterocycles. The Hall–Kier alpha value is -3.45. The van der Waals surface area contributed by atoms with Gasteiger partial charge in [-0.15, -0.1) is 11.3 Å². The average molecular weight is 356 g/mol. The van der Waals surface area contributed by atoms with E-state index in [9.17, 15) is 0 Å². The molecule has 0 aliphatic carbocycles. The molecule has 0 aliphatic heterocycles. The highest BCUT2D eigenvalue weighted by Crippen LogP contribution is 2.28. The Kier molecular flexibility index (Phi) is 3.50. The van der Waals surface area contributed by atoms with E-state index in [1.807, 2.05) is 35.8 Å². The summed E-state index contributed by atoms with van der Waals surface area (Å²) in [6.45, 7) is 0. The standard InChI is InChI=1S/C19H12N6S/c1-2-16-17(26-11-22-16)9-13(1)23-19-14-10-21-8-5-15(14)24-18(25-19)12-3-6-20-7-4-12/h1-11H,(H,23,24,25). The first-order chi connectivity index (χ1) is 12.9. The van der Waals surface area contributed by atoms with Crippen LogP contribution in [0.4, 0.5) is 11.5 Å². The first-order valence-corrected chi connectivity index (χ1v) is 8.87. The fourth-order valence-electron chi connectivity index (χ4n) is 2.77. The van der Waals surface area contributed by atoms with Crippen molar-refractivity contribution in [2.45, 2.75) is 0 Å². The van der Waals surface area contributed by atoms with E-state index in [0.29, 0.717) is 5.82 Å². The zero-order chi connectivity index (χ0) is 17.3. The van der Waals surface area contributed by atoms with E-state index in [-0.39, 0.29) is 0 Å². The van der Waals surface area contributed by atoms with Crippen LogP contribution in [0.5, 0.6) is 0 Å². The van der Waals surface area contributed by atoms with Crippen LogP contribution in [0.1, 0.15) is 0 Å². The van der Waals surface area contributed by atoms with Crippen molar-refractivity contribution in [3.05, 3.63) is 66.7 Å². The number of aromatic nitrogens is 5. The van der Waals surface area contributed by atoms with Gasteiger partial charge in [0.1, 0.15) is 5.82 Å². The molecule has 0 spiro atoms. The van der Waals surface area contributed by atoms with E-state index in [4.69, 9.17) is 4.98 Å². The third-order valence-electron chi connectivity index (χ3n) is 4.03. The van der Waals surface area contributed by atoms with Gasteiger partial charge in [0, 0.05) is 36.0 Å². The second-order valence-corrected chi connectivity index (χ2v) is 6.57. The normalized spacial score (nSPS) is 11.1. The molecule has 0 unspecified atom stereocenters. The minimum absolute atomic E-state index is 0.646. The van der Waals surface area contributed by atoms with Gasteiger partial charge in [-0.2, -0.15) is 0 Å². The third-order valence-corrected chi connectivity index (χ3v) is 4.82. The number of hydrogen-bond donors (Lipinski definition) is 1. The maximum atomic E-state index is 4.73. The van der Waals surface area contributed by atoms with Crippen molar-refractivity contribution < 1.29 is 0 Å². The van der Waals surface area contributed by atoms with Crippen LogP contribution in [-0.2, 0) is 0 Å². The van der Waals surface area contributed by atoms with Gasteiger partial charge in [0.25, 0.3) is 0 Å². The molecule has 0 amide bonds. The topological polar surface area (TPSA) is 76.5 Å². The summed E-state index contributed by atoms with van der Waals surface area (Å²) in [7, 11) is 0. The molecule has 1 aromatic carbocycles. The van der Waals surface area contributed by atoms with Gasteiger partial charge < -0.3 is 5.32 Å². The van der Waals surface area contributed by atoms with E-state index in [2.05, 4.69) is 31.3 Å². The van der Waals surface area contributed by atoms with Gasteiger partial charge >= 0.3 is 0 Å². The fraction of sp³-hybridized carbons (Fsp3) is 0. The third kappa shape index (κ3) is 2.64. The molecule has 4 heterocycles. The molecule has 0 saturated heterocycles. The number of benzene rings is 1. The van der Waals surface area contributed by atoms with E-state index >= 15 is 0 Å². The molecule has 0 fully saturated rings. The van der Waals surface area contributed by atoms with Crippen molar-refractivity contribution in [1.82, 2.24) is 24.9 Å². The Morgan fingerprint density at radius 3 is 2.65 bits per heavy atom. The number of pyridine rings is 2. The SMILES string of the molecule is c1cc(-c2nc(Nc3ccc4ncsc4c3)c3cnccc3n2)ccn1. The summed E-state index contributed by atoms with van der Waals surface area (Å²) in [5.74, 6) is 1.37. The molecule has 7 heteroatoms. The summed E-state index contributed by atoms with van der Waals surface area (Å²) < 4.78 is 1.13. The second kappa shape index (κ2) is 6.12. The minimum Gasteiger partial charge on any atom is -0.340 e. The summed E-state index contributed by atoms with van der Waals surface area (Å²) in [5, 5.41) is 4.28. The van der Waals surface area contributed by atoms with Gasteiger partial charge in [0.05, 0.1) is 26.6 Å². The number of thiazole rings is 1. The molecular weight excluding hydrogens is 344 g/mol. The number of hydrogen-bond acceptors (Lipinski definition) is 7. The van der Waals surface area contributed by atoms with Crippen molar-refractivity contribution in [3.8, 4) is 11.4 Å². The van der Waals surface area contributed by atoms with Gasteiger partial charge in [-0.25, -0.2) is 15.0 Å². The molecule has 124 valence electrons. The smallest absolute Gasteiger partial charge is 0.162 e. The van der Waals surface area contributed by atoms with Crippen molar-refractivity contribution in [2.75, 3.05) is 5.32 Å². The van der Waals surface area contributed by atoms with Crippen LogP contribution in [0.15, 0.2) is 66.7 Å². The zero-order valence-electron chi connectivity index (χ0n) is 13.5. The van der Waals surface area contributed by atoms with Gasteiger partial charge in [-0.05, 0) is 36.4 Å². The Bertz CT molecular complexity index is 1220. The molecule has 5 rings (SSSR count). The number of nitrogens with one attached hydrogen (secondary N) is 1. The van der Waals surface area contributed by atoms with Crippen LogP contribution in [0, 0.1) is 0 Å². The lowest BCUT2D eigenvalue weighted by atomic mass is 10.2. The maximum absolute atomic E-state index is 4.73. The molecular formula is C19H12N6S. The van der Waals surface area contributed by atoms with Gasteiger partial charge in [-0.1, -0.05) is 0 Å². The Morgan fingerprint density at radius 2 is 1.73 bits per heavy atom. The number of rotatable bonds is 3. The Balaban J connectivity index is 1.65. The largest absolute Gasteiger partial charge is 0.340 e. The molecule has 6 nitrogen and oxygen atoms in total. The predicted molar refractivity (Wildman–Crippen MR) is 103 cm³/mol. The highest BCUT2D eigenvalue weighted by atomic mass is 32.1. The summed E-state index contributed by atoms with van der Waals surface area (Å²) in [6.07, 6.45) is 6.98. The molecule has 1 N–H and O–H groups in total. The Labute approximate surface area is 152 Å². The van der Waals surface area contributed by atoms with Crippen LogP contribution in [0.2, 0.25) is 0 Å². The van der Waals surface area contributed by atoms with Crippen LogP contribution in [0.3, 0.4) is 0 Å². The van der Waals surface area contributed by atoms with Crippen molar-refractivity contribution in [3.63, 3.8) is 0 Å². The van der Waals surface area contributed by atoms with E-state index in [0.717, 1.165) is 38.2 Å². The summed E-state index contributed by atoms with van der Waals surface area (Å²) in [4.78, 5) is 22.0. The van der Waals surface area contributed by atoms with Crippen LogP contribution in [0.25, 0.3) is 32.5 Å². The van der Waals surface area contributed by atoms with Crippen molar-refractivity contribution >= 4 is 44.0 Å². The number of fused-ring (bicyclic) bond motifs is 2. The van der Waals surface area contributed by atoms with E-state index in [1.54, 1.807) is 36.1 Å². The lowest BCUT2D eigenvalue weighted by Crippen LogP contribution is -1.99. The first kappa shape index (κ1) is 14.9. The molecule has 0 radical (unpaired) electrons. The maximum Gasteiger partial charge on any atom is 0.162 e.